The number of likely N-dealkylation sites (tertiary alicyclic amines) is 1. The van der Waals surface area contributed by atoms with Crippen LogP contribution in [0.25, 0.3) is 6.01 Å². The molecule has 34 heavy (non-hydrogen) atoms. The highest BCUT2D eigenvalue weighted by Gasteiger charge is 2.30. The first-order chi connectivity index (χ1) is 16.2. The van der Waals surface area contributed by atoms with Gasteiger partial charge in [-0.25, -0.2) is 13.9 Å². The van der Waals surface area contributed by atoms with Crippen LogP contribution in [0.5, 0.6) is 0 Å². The molecule has 10 nitrogen and oxygen atoms in total. The molecular weight excluding hydrogens is 443 g/mol. The summed E-state index contributed by atoms with van der Waals surface area (Å²) in [5.41, 5.74) is 1.31. The minimum atomic E-state index is -0.847. The summed E-state index contributed by atoms with van der Waals surface area (Å²) in [6.45, 7) is 10.3. The first-order valence-corrected chi connectivity index (χ1v) is 11.2. The maximum atomic E-state index is 13.1. The van der Waals surface area contributed by atoms with E-state index in [4.69, 9.17) is 9.26 Å². The predicted octanol–water partition coefficient (Wildman–Crippen LogP) is 2.12. The van der Waals surface area contributed by atoms with Crippen LogP contribution in [0.1, 0.15) is 37.0 Å². The first-order valence-electron chi connectivity index (χ1n) is 11.2. The molecule has 2 aromatic heterocycles. The Morgan fingerprint density at radius 3 is 2.68 bits per heavy atom. The number of ether oxygens (including phenoxy) is 1. The van der Waals surface area contributed by atoms with E-state index in [0.717, 1.165) is 17.7 Å². The highest BCUT2D eigenvalue weighted by atomic mass is 19.1. The van der Waals surface area contributed by atoms with E-state index in [2.05, 4.69) is 21.8 Å². The van der Waals surface area contributed by atoms with Crippen molar-refractivity contribution in [3.63, 3.8) is 0 Å². The van der Waals surface area contributed by atoms with Crippen LogP contribution in [0, 0.1) is 19.7 Å². The number of hydrogen-bond acceptors (Lipinski definition) is 8. The summed E-state index contributed by atoms with van der Waals surface area (Å²) in [5.74, 6) is 0.524. The molecule has 1 N–H and O–H groups in total. The zero-order valence-electron chi connectivity index (χ0n) is 19.5. The molecule has 3 atom stereocenters. The second-order valence-corrected chi connectivity index (χ2v) is 8.69. The van der Waals surface area contributed by atoms with Crippen molar-refractivity contribution in [1.29, 1.82) is 0 Å². The first kappa shape index (κ1) is 23.8. The largest absolute Gasteiger partial charge is 0.389 e. The number of halogens is 1. The molecule has 1 saturated heterocycles. The molecule has 0 bridgehead atoms. The Hall–Kier alpha value is -3.31. The zero-order valence-corrected chi connectivity index (χ0v) is 19.5. The third kappa shape index (κ3) is 5.26. The summed E-state index contributed by atoms with van der Waals surface area (Å²) in [5, 5.41) is 18.7. The van der Waals surface area contributed by atoms with Crippen LogP contribution in [0.2, 0.25) is 0 Å². The summed E-state index contributed by atoms with van der Waals surface area (Å²) in [6.07, 6.45) is 0.528. The van der Waals surface area contributed by atoms with E-state index in [1.807, 2.05) is 11.8 Å². The highest BCUT2D eigenvalue weighted by molar-refractivity contribution is 5.15. The van der Waals surface area contributed by atoms with Crippen LogP contribution < -0.4 is 5.69 Å². The van der Waals surface area contributed by atoms with Crippen LogP contribution in [-0.4, -0.2) is 59.3 Å². The van der Waals surface area contributed by atoms with Crippen LogP contribution >= 0.6 is 0 Å². The number of aromatic nitrogens is 5. The average molecular weight is 473 g/mol. The van der Waals surface area contributed by atoms with E-state index in [-0.39, 0.29) is 30.5 Å². The van der Waals surface area contributed by atoms with Gasteiger partial charge in [0.1, 0.15) is 11.6 Å². The molecule has 1 aliphatic heterocycles. The molecular formula is C23H29FN6O4. The topological polar surface area (TPSA) is 111 Å². The summed E-state index contributed by atoms with van der Waals surface area (Å²) < 4.78 is 26.6. The molecule has 0 radical (unpaired) electrons. The Labute approximate surface area is 196 Å². The number of nitrogens with zero attached hydrogens (tertiary/aromatic N) is 6. The molecule has 182 valence electrons. The highest BCUT2D eigenvalue weighted by Crippen LogP contribution is 2.28. The van der Waals surface area contributed by atoms with Crippen molar-refractivity contribution in [2.24, 2.45) is 0 Å². The SMILES string of the molecule is C=C1CC(OCc2ccc(F)cc2)CC(C)N1CC(O)Cn1nc(C)n(-c2nc(C)no2)c1=O. The number of benzene rings is 1. The Kier molecular flexibility index (Phi) is 6.94. The zero-order chi connectivity index (χ0) is 24.4. The van der Waals surface area contributed by atoms with Crippen molar-refractivity contribution in [1.82, 2.24) is 29.4 Å². The fourth-order valence-corrected chi connectivity index (χ4v) is 4.23. The lowest BCUT2D eigenvalue weighted by atomic mass is 9.97. The van der Waals surface area contributed by atoms with E-state index in [1.54, 1.807) is 26.0 Å². The third-order valence-corrected chi connectivity index (χ3v) is 5.90. The monoisotopic (exact) mass is 472 g/mol. The van der Waals surface area contributed by atoms with Gasteiger partial charge in [-0.05, 0) is 44.9 Å². The second kappa shape index (κ2) is 9.90. The van der Waals surface area contributed by atoms with Crippen molar-refractivity contribution >= 4 is 0 Å². The van der Waals surface area contributed by atoms with Gasteiger partial charge in [-0.1, -0.05) is 23.9 Å². The van der Waals surface area contributed by atoms with Gasteiger partial charge >= 0.3 is 11.7 Å². The fourth-order valence-electron chi connectivity index (χ4n) is 4.23. The normalized spacial score (nSPS) is 19.6. The molecule has 0 saturated carbocycles. The van der Waals surface area contributed by atoms with Crippen molar-refractivity contribution in [2.45, 2.75) is 65.0 Å². The molecule has 0 amide bonds. The van der Waals surface area contributed by atoms with E-state index in [0.29, 0.717) is 31.2 Å². The Morgan fingerprint density at radius 1 is 1.29 bits per heavy atom. The van der Waals surface area contributed by atoms with Gasteiger partial charge in [0.15, 0.2) is 5.82 Å². The van der Waals surface area contributed by atoms with Crippen LogP contribution in [0.15, 0.2) is 45.9 Å². The van der Waals surface area contributed by atoms with Crippen molar-refractivity contribution in [2.75, 3.05) is 6.54 Å². The molecule has 1 aliphatic rings. The smallest absolute Gasteiger partial charge is 0.354 e. The third-order valence-electron chi connectivity index (χ3n) is 5.90. The minimum Gasteiger partial charge on any atom is -0.389 e. The number of hydrogen-bond donors (Lipinski definition) is 1. The minimum absolute atomic E-state index is 0.0141. The number of aryl methyl sites for hydroxylation is 2. The molecule has 3 heterocycles. The molecule has 0 aliphatic carbocycles. The van der Waals surface area contributed by atoms with E-state index >= 15 is 0 Å². The summed E-state index contributed by atoms with van der Waals surface area (Å²) in [6, 6.07) is 6.40. The predicted molar refractivity (Wildman–Crippen MR) is 121 cm³/mol. The summed E-state index contributed by atoms with van der Waals surface area (Å²) >= 11 is 0. The Bertz CT molecular complexity index is 1200. The van der Waals surface area contributed by atoms with Gasteiger partial charge in [-0.15, -0.1) is 0 Å². The quantitative estimate of drug-likeness (QED) is 0.531. The Morgan fingerprint density at radius 2 is 2.03 bits per heavy atom. The maximum Gasteiger partial charge on any atom is 0.354 e. The van der Waals surface area contributed by atoms with Gasteiger partial charge in [0.05, 0.1) is 25.4 Å². The maximum absolute atomic E-state index is 13.1. The lowest BCUT2D eigenvalue weighted by Crippen LogP contribution is -2.46. The van der Waals surface area contributed by atoms with Gasteiger partial charge in [0.25, 0.3) is 0 Å². The second-order valence-electron chi connectivity index (χ2n) is 8.69. The van der Waals surface area contributed by atoms with Crippen molar-refractivity contribution in [3.05, 3.63) is 70.1 Å². The van der Waals surface area contributed by atoms with Crippen LogP contribution in [-0.2, 0) is 17.9 Å². The van der Waals surface area contributed by atoms with E-state index in [9.17, 15) is 14.3 Å². The van der Waals surface area contributed by atoms with E-state index in [1.165, 1.54) is 21.4 Å². The fraction of sp³-hybridized carbons (Fsp3) is 0.478. The van der Waals surface area contributed by atoms with E-state index < -0.39 is 11.8 Å². The lowest BCUT2D eigenvalue weighted by Gasteiger charge is -2.41. The Balaban J connectivity index is 1.34. The van der Waals surface area contributed by atoms with Gasteiger partial charge in [-0.2, -0.15) is 14.6 Å². The van der Waals surface area contributed by atoms with Crippen molar-refractivity contribution in [3.8, 4) is 6.01 Å². The number of piperidine rings is 1. The van der Waals surface area contributed by atoms with Gasteiger partial charge < -0.3 is 19.3 Å². The number of rotatable bonds is 8. The molecule has 3 aromatic rings. The average Bonchev–Trinajstić information content (AvgIpc) is 3.32. The standard InChI is InChI=1S/C23H29FN6O4/c1-14-9-21(33-13-18-5-7-19(24)8-6-18)10-15(2)28(14)11-20(31)12-29-23(32)30(17(4)26-29)22-25-16(3)27-34-22/h5-8,15,20-21,31H,1,9-13H2,2-4H3. The molecule has 3 unspecified atom stereocenters. The number of aliphatic hydroxyl groups excluding tert-OH is 1. The molecule has 4 rings (SSSR count). The van der Waals surface area contributed by atoms with Gasteiger partial charge in [0.2, 0.25) is 0 Å². The molecule has 0 spiro atoms. The molecule has 1 fully saturated rings. The number of β-amino-alcohol motifs (C(OH)–C–C–N with tert-alkyl or cyclic N) is 1. The van der Waals surface area contributed by atoms with Crippen LogP contribution in [0.3, 0.4) is 0 Å². The molecule has 1 aromatic carbocycles. The van der Waals surface area contributed by atoms with Gasteiger partial charge in [0, 0.05) is 24.7 Å². The summed E-state index contributed by atoms with van der Waals surface area (Å²) in [7, 11) is 0. The number of aliphatic hydroxyl groups is 1. The summed E-state index contributed by atoms with van der Waals surface area (Å²) in [4.78, 5) is 18.9. The molecule has 11 heteroatoms. The van der Waals surface area contributed by atoms with Gasteiger partial charge in [-0.3, -0.25) is 0 Å². The van der Waals surface area contributed by atoms with Crippen LogP contribution in [0.4, 0.5) is 4.39 Å². The van der Waals surface area contributed by atoms with Crippen molar-refractivity contribution < 1.29 is 18.8 Å². The lowest BCUT2D eigenvalue weighted by molar-refractivity contribution is -0.0129.